The van der Waals surface area contributed by atoms with E-state index in [1.807, 2.05) is 0 Å². The van der Waals surface area contributed by atoms with Gasteiger partial charge in [0.25, 0.3) is 5.91 Å². The molecule has 13 heavy (non-hydrogen) atoms. The molecule has 0 saturated carbocycles. The second-order valence-corrected chi connectivity index (χ2v) is 2.96. The van der Waals surface area contributed by atoms with Crippen molar-refractivity contribution >= 4 is 23.8 Å². The van der Waals surface area contributed by atoms with Gasteiger partial charge in [0.15, 0.2) is 6.29 Å². The molecule has 1 rings (SSSR count). The van der Waals surface area contributed by atoms with Crippen molar-refractivity contribution in [3.8, 4) is 0 Å². The van der Waals surface area contributed by atoms with E-state index in [-0.39, 0.29) is 22.6 Å². The van der Waals surface area contributed by atoms with Crippen LogP contribution in [0.25, 0.3) is 0 Å². The maximum Gasteiger partial charge on any atom is 0.272 e. The Morgan fingerprint density at radius 2 is 2.23 bits per heavy atom. The molecule has 0 aliphatic carbocycles. The van der Waals surface area contributed by atoms with Crippen LogP contribution in [0.2, 0.25) is 5.28 Å². The van der Waals surface area contributed by atoms with Gasteiger partial charge in [-0.25, -0.2) is 4.98 Å². The van der Waals surface area contributed by atoms with Gasteiger partial charge < -0.3 is 9.88 Å². The third-order valence-corrected chi connectivity index (χ3v) is 1.61. The van der Waals surface area contributed by atoms with Crippen molar-refractivity contribution in [1.82, 2.24) is 14.9 Å². The lowest BCUT2D eigenvalue weighted by atomic mass is 10.3. The molecule has 1 aromatic heterocycles. The first-order valence-electron chi connectivity index (χ1n) is 3.48. The maximum atomic E-state index is 11.4. The van der Waals surface area contributed by atoms with Gasteiger partial charge in [-0.2, -0.15) is 0 Å². The quantitative estimate of drug-likeness (QED) is 0.712. The number of carbonyl (C=O) groups is 2. The first kappa shape index (κ1) is 9.73. The molecule has 0 saturated heterocycles. The number of imidazole rings is 1. The summed E-state index contributed by atoms with van der Waals surface area (Å²) in [6.45, 7) is 0. The molecular formula is C7H8ClN3O2. The number of amides is 1. The number of aldehydes is 1. The molecule has 5 nitrogen and oxygen atoms in total. The summed E-state index contributed by atoms with van der Waals surface area (Å²) in [4.78, 5) is 29.3. The van der Waals surface area contributed by atoms with E-state index in [2.05, 4.69) is 9.97 Å². The summed E-state index contributed by atoms with van der Waals surface area (Å²) in [6, 6.07) is 0. The van der Waals surface area contributed by atoms with Crippen molar-refractivity contribution in [3.05, 3.63) is 16.7 Å². The van der Waals surface area contributed by atoms with Crippen molar-refractivity contribution in [2.45, 2.75) is 0 Å². The molecular weight excluding hydrogens is 194 g/mol. The van der Waals surface area contributed by atoms with Crippen LogP contribution in [0.5, 0.6) is 0 Å². The summed E-state index contributed by atoms with van der Waals surface area (Å²) in [5.41, 5.74) is 0.147. The van der Waals surface area contributed by atoms with Crippen LogP contribution in [0, 0.1) is 0 Å². The zero-order valence-electron chi connectivity index (χ0n) is 7.17. The third-order valence-electron chi connectivity index (χ3n) is 1.43. The number of hydrogen-bond donors (Lipinski definition) is 1. The highest BCUT2D eigenvalue weighted by atomic mass is 35.5. The van der Waals surface area contributed by atoms with Crippen LogP contribution in [-0.2, 0) is 0 Å². The Morgan fingerprint density at radius 1 is 1.62 bits per heavy atom. The molecule has 1 amide bonds. The van der Waals surface area contributed by atoms with Gasteiger partial charge >= 0.3 is 0 Å². The van der Waals surface area contributed by atoms with Gasteiger partial charge in [0.05, 0.1) is 0 Å². The normalized spacial score (nSPS) is 9.77. The van der Waals surface area contributed by atoms with Crippen molar-refractivity contribution in [2.75, 3.05) is 14.1 Å². The number of halogens is 1. The monoisotopic (exact) mass is 201 g/mol. The minimum atomic E-state index is -0.332. The Labute approximate surface area is 79.7 Å². The molecule has 0 radical (unpaired) electrons. The second-order valence-electron chi connectivity index (χ2n) is 2.61. The zero-order valence-corrected chi connectivity index (χ0v) is 7.92. The molecule has 6 heteroatoms. The largest absolute Gasteiger partial charge is 0.343 e. The van der Waals surface area contributed by atoms with Gasteiger partial charge in [0, 0.05) is 14.1 Å². The number of aromatic nitrogens is 2. The Kier molecular flexibility index (Phi) is 2.67. The van der Waals surface area contributed by atoms with Crippen molar-refractivity contribution in [2.24, 2.45) is 0 Å². The lowest BCUT2D eigenvalue weighted by Crippen LogP contribution is -2.23. The summed E-state index contributed by atoms with van der Waals surface area (Å²) >= 11 is 5.50. The van der Waals surface area contributed by atoms with Crippen molar-refractivity contribution in [1.29, 1.82) is 0 Å². The number of H-pyrrole nitrogens is 1. The van der Waals surface area contributed by atoms with Crippen LogP contribution >= 0.6 is 11.6 Å². The Bertz CT molecular complexity index is 346. The second kappa shape index (κ2) is 3.57. The molecule has 1 heterocycles. The first-order chi connectivity index (χ1) is 6.06. The summed E-state index contributed by atoms with van der Waals surface area (Å²) < 4.78 is 0. The molecule has 0 fully saturated rings. The standard InChI is InChI=1S/C7H8ClN3O2/c1-11(2)6(13)5-4(3-12)9-7(8)10-5/h3H,1-2H3,(H,9,10). The van der Waals surface area contributed by atoms with E-state index >= 15 is 0 Å². The molecule has 1 N–H and O–H groups in total. The molecule has 0 aromatic carbocycles. The summed E-state index contributed by atoms with van der Waals surface area (Å²) in [7, 11) is 3.15. The highest BCUT2D eigenvalue weighted by Crippen LogP contribution is 2.09. The molecule has 1 aromatic rings. The lowest BCUT2D eigenvalue weighted by molar-refractivity contribution is 0.0819. The van der Waals surface area contributed by atoms with E-state index in [0.29, 0.717) is 6.29 Å². The fraction of sp³-hybridized carbons (Fsp3) is 0.286. The molecule has 0 bridgehead atoms. The summed E-state index contributed by atoms with van der Waals surface area (Å²) in [5, 5.41) is 0.0345. The van der Waals surface area contributed by atoms with Crippen LogP contribution < -0.4 is 0 Å². The number of hydrogen-bond acceptors (Lipinski definition) is 3. The topological polar surface area (TPSA) is 66.1 Å². The van der Waals surface area contributed by atoms with E-state index in [9.17, 15) is 9.59 Å². The van der Waals surface area contributed by atoms with Crippen LogP contribution in [-0.4, -0.2) is 41.2 Å². The van der Waals surface area contributed by atoms with Gasteiger partial charge in [-0.05, 0) is 11.6 Å². The number of carbonyl (C=O) groups excluding carboxylic acids is 2. The molecule has 0 unspecified atom stereocenters. The number of nitrogens with zero attached hydrogens (tertiary/aromatic N) is 2. The minimum absolute atomic E-state index is 0.0312. The van der Waals surface area contributed by atoms with E-state index in [0.717, 1.165) is 0 Å². The van der Waals surface area contributed by atoms with E-state index in [1.165, 1.54) is 4.90 Å². The average Bonchev–Trinajstić information content (AvgIpc) is 2.45. The van der Waals surface area contributed by atoms with Gasteiger partial charge in [-0.1, -0.05) is 0 Å². The van der Waals surface area contributed by atoms with Gasteiger partial charge in [0.2, 0.25) is 5.28 Å². The average molecular weight is 202 g/mol. The Hall–Kier alpha value is -1.36. The molecule has 0 spiro atoms. The fourth-order valence-corrected chi connectivity index (χ4v) is 1.01. The highest BCUT2D eigenvalue weighted by Gasteiger charge is 2.17. The van der Waals surface area contributed by atoms with Crippen LogP contribution in [0.1, 0.15) is 21.0 Å². The summed E-state index contributed by atoms with van der Waals surface area (Å²) in [6.07, 6.45) is 0.485. The van der Waals surface area contributed by atoms with E-state index in [1.54, 1.807) is 14.1 Å². The fourth-order valence-electron chi connectivity index (χ4n) is 0.829. The lowest BCUT2D eigenvalue weighted by Gasteiger charge is -2.07. The number of rotatable bonds is 2. The smallest absolute Gasteiger partial charge is 0.272 e. The number of nitrogens with one attached hydrogen (secondary N) is 1. The third kappa shape index (κ3) is 1.86. The summed E-state index contributed by atoms with van der Waals surface area (Å²) in [5.74, 6) is -0.332. The van der Waals surface area contributed by atoms with Crippen molar-refractivity contribution in [3.63, 3.8) is 0 Å². The van der Waals surface area contributed by atoms with Crippen LogP contribution in [0.3, 0.4) is 0 Å². The van der Waals surface area contributed by atoms with Crippen molar-refractivity contribution < 1.29 is 9.59 Å². The van der Waals surface area contributed by atoms with Crippen LogP contribution in [0.4, 0.5) is 0 Å². The molecule has 0 atom stereocenters. The Morgan fingerprint density at radius 3 is 2.69 bits per heavy atom. The van der Waals surface area contributed by atoms with Gasteiger partial charge in [-0.3, -0.25) is 9.59 Å². The minimum Gasteiger partial charge on any atom is -0.343 e. The maximum absolute atomic E-state index is 11.4. The van der Waals surface area contributed by atoms with Gasteiger partial charge in [0.1, 0.15) is 11.4 Å². The zero-order chi connectivity index (χ0) is 10.0. The van der Waals surface area contributed by atoms with E-state index < -0.39 is 0 Å². The highest BCUT2D eigenvalue weighted by molar-refractivity contribution is 6.28. The molecule has 0 aliphatic rings. The van der Waals surface area contributed by atoms with Gasteiger partial charge in [-0.15, -0.1) is 0 Å². The SMILES string of the molecule is CN(C)C(=O)c1[nH]c(Cl)nc1C=O. The first-order valence-corrected chi connectivity index (χ1v) is 3.86. The Balaban J connectivity index is 3.12. The van der Waals surface area contributed by atoms with Crippen LogP contribution in [0.15, 0.2) is 0 Å². The molecule has 70 valence electrons. The van der Waals surface area contributed by atoms with E-state index in [4.69, 9.17) is 11.6 Å². The molecule has 0 aliphatic heterocycles. The predicted octanol–water partition coefficient (Wildman–Crippen LogP) is 0.577. The predicted molar refractivity (Wildman–Crippen MR) is 47.0 cm³/mol. The number of aromatic amines is 1.